The Bertz CT molecular complexity index is 324. The molecule has 110 valence electrons. The summed E-state index contributed by atoms with van der Waals surface area (Å²) in [5, 5.41) is 10.4. The third kappa shape index (κ3) is 5.06. The number of carbonyl (C=O) groups is 2. The summed E-state index contributed by atoms with van der Waals surface area (Å²) in [7, 11) is 0. The van der Waals surface area contributed by atoms with Crippen molar-refractivity contribution in [3.05, 3.63) is 0 Å². The molecule has 0 bridgehead atoms. The molecule has 0 aromatic carbocycles. The van der Waals surface area contributed by atoms with Crippen molar-refractivity contribution in [1.82, 2.24) is 10.2 Å². The number of nitrogens with zero attached hydrogens (tertiary/aromatic N) is 1. The van der Waals surface area contributed by atoms with E-state index in [-0.39, 0.29) is 0 Å². The quantitative estimate of drug-likeness (QED) is 0.748. The number of halogens is 3. The molecule has 1 amide bonds. The molecule has 0 spiro atoms. The van der Waals surface area contributed by atoms with Crippen LogP contribution in [0.2, 0.25) is 0 Å². The summed E-state index contributed by atoms with van der Waals surface area (Å²) < 4.78 is 31.7. The highest BCUT2D eigenvalue weighted by molar-refractivity contribution is 5.79. The van der Waals surface area contributed by atoms with E-state index in [9.17, 15) is 18.0 Å². The third-order valence-corrected chi connectivity index (χ3v) is 3.13. The fraction of sp³-hybridized carbons (Fsp3) is 0.818. The van der Waals surface area contributed by atoms with E-state index in [1.54, 1.807) is 0 Å². The zero-order valence-corrected chi connectivity index (χ0v) is 10.4. The molecular weight excluding hydrogens is 265 g/mol. The highest BCUT2D eigenvalue weighted by atomic mass is 19.4. The van der Waals surface area contributed by atoms with E-state index in [4.69, 9.17) is 9.90 Å². The summed E-state index contributed by atoms with van der Waals surface area (Å²) in [5.41, 5.74) is 0. The van der Waals surface area contributed by atoms with E-state index < -0.39 is 12.1 Å². The number of alkyl halides is 3. The van der Waals surface area contributed by atoms with Gasteiger partial charge < -0.3 is 15.3 Å². The predicted octanol–water partition coefficient (Wildman–Crippen LogP) is 0.852. The van der Waals surface area contributed by atoms with Crippen molar-refractivity contribution in [2.24, 2.45) is 5.92 Å². The van der Waals surface area contributed by atoms with Crippen molar-refractivity contribution >= 4 is 11.9 Å². The first-order valence-corrected chi connectivity index (χ1v) is 6.12. The largest absolute Gasteiger partial charge is 0.490 e. The van der Waals surface area contributed by atoms with Gasteiger partial charge in [0.25, 0.3) is 0 Å². The smallest absolute Gasteiger partial charge is 0.475 e. The van der Waals surface area contributed by atoms with Crippen molar-refractivity contribution in [3.8, 4) is 0 Å². The van der Waals surface area contributed by atoms with Crippen LogP contribution in [-0.2, 0) is 9.59 Å². The van der Waals surface area contributed by atoms with Crippen LogP contribution in [0.25, 0.3) is 0 Å². The lowest BCUT2D eigenvalue weighted by Crippen LogP contribution is -2.49. The van der Waals surface area contributed by atoms with Crippen molar-refractivity contribution in [2.45, 2.75) is 25.4 Å². The number of nitrogens with one attached hydrogen (secondary N) is 1. The van der Waals surface area contributed by atoms with E-state index in [1.807, 2.05) is 4.90 Å². The minimum absolute atomic E-state index is 0.378. The van der Waals surface area contributed by atoms with Crippen LogP contribution in [0.3, 0.4) is 0 Å². The molecule has 0 unspecified atom stereocenters. The molecule has 2 N–H and O–H groups in total. The second kappa shape index (κ2) is 6.74. The van der Waals surface area contributed by atoms with Crippen LogP contribution in [0.1, 0.15) is 19.3 Å². The second-order valence-electron chi connectivity index (χ2n) is 4.51. The topological polar surface area (TPSA) is 69.6 Å². The molecule has 1 aliphatic heterocycles. The molecule has 0 aromatic rings. The minimum atomic E-state index is -5.08. The molecule has 0 aromatic heterocycles. The van der Waals surface area contributed by atoms with Gasteiger partial charge in [0.05, 0.1) is 0 Å². The molecule has 1 saturated carbocycles. The first-order chi connectivity index (χ1) is 8.82. The number of carbonyl (C=O) groups excluding carboxylic acids is 1. The number of carboxylic acid groups (broad SMARTS) is 1. The fourth-order valence-electron chi connectivity index (χ4n) is 1.80. The van der Waals surface area contributed by atoms with Gasteiger partial charge in [0, 0.05) is 32.1 Å². The minimum Gasteiger partial charge on any atom is -0.475 e. The number of aliphatic carboxylic acids is 1. The fourth-order valence-corrected chi connectivity index (χ4v) is 1.80. The Morgan fingerprint density at radius 1 is 1.16 bits per heavy atom. The first-order valence-electron chi connectivity index (χ1n) is 6.12. The van der Waals surface area contributed by atoms with Crippen molar-refractivity contribution in [2.75, 3.05) is 26.2 Å². The number of piperazine rings is 1. The Morgan fingerprint density at radius 2 is 1.63 bits per heavy atom. The summed E-state index contributed by atoms with van der Waals surface area (Å²) >= 11 is 0. The van der Waals surface area contributed by atoms with Crippen LogP contribution >= 0.6 is 0 Å². The van der Waals surface area contributed by atoms with Crippen molar-refractivity contribution < 1.29 is 27.9 Å². The average Bonchev–Trinajstić information content (AvgIpc) is 2.27. The van der Waals surface area contributed by atoms with Gasteiger partial charge in [-0.05, 0) is 12.8 Å². The molecule has 1 aliphatic carbocycles. The second-order valence-corrected chi connectivity index (χ2v) is 4.51. The van der Waals surface area contributed by atoms with Gasteiger partial charge in [0.15, 0.2) is 0 Å². The van der Waals surface area contributed by atoms with Gasteiger partial charge in [-0.25, -0.2) is 4.79 Å². The van der Waals surface area contributed by atoms with E-state index in [1.165, 1.54) is 6.42 Å². The Kier molecular flexibility index (Phi) is 5.59. The summed E-state index contributed by atoms with van der Waals surface area (Å²) in [6.45, 7) is 3.77. The molecule has 2 rings (SSSR count). The number of amides is 1. The van der Waals surface area contributed by atoms with E-state index in [0.29, 0.717) is 11.8 Å². The molecular formula is C11H17F3N2O3. The zero-order chi connectivity index (χ0) is 14.5. The Labute approximate surface area is 108 Å². The highest BCUT2D eigenvalue weighted by Crippen LogP contribution is 2.28. The lowest BCUT2D eigenvalue weighted by Gasteiger charge is -2.34. The van der Waals surface area contributed by atoms with E-state index >= 15 is 0 Å². The van der Waals surface area contributed by atoms with Gasteiger partial charge in [0.2, 0.25) is 5.91 Å². The Morgan fingerprint density at radius 3 is 1.95 bits per heavy atom. The first kappa shape index (κ1) is 15.7. The van der Waals surface area contributed by atoms with Gasteiger partial charge in [0.1, 0.15) is 0 Å². The van der Waals surface area contributed by atoms with Gasteiger partial charge in [-0.15, -0.1) is 0 Å². The zero-order valence-electron chi connectivity index (χ0n) is 10.4. The lowest BCUT2D eigenvalue weighted by atomic mass is 9.84. The van der Waals surface area contributed by atoms with Gasteiger partial charge >= 0.3 is 12.1 Å². The molecule has 1 heterocycles. The molecule has 5 nitrogen and oxygen atoms in total. The highest BCUT2D eigenvalue weighted by Gasteiger charge is 2.38. The summed E-state index contributed by atoms with van der Waals surface area (Å²) in [5.74, 6) is -1.97. The van der Waals surface area contributed by atoms with Crippen molar-refractivity contribution in [1.29, 1.82) is 0 Å². The standard InChI is InChI=1S/C9H16N2O.C2HF3O2/c12-9(8-2-1-3-8)11-6-4-10-5-7-11;3-2(4,5)1(6)7/h8,10H,1-7H2;(H,6,7). The maximum Gasteiger partial charge on any atom is 0.490 e. The maximum absolute atomic E-state index is 11.7. The molecule has 2 aliphatic rings. The Hall–Kier alpha value is -1.31. The molecule has 1 saturated heterocycles. The molecule has 0 radical (unpaired) electrons. The van der Waals surface area contributed by atoms with Gasteiger partial charge in [-0.3, -0.25) is 4.79 Å². The van der Waals surface area contributed by atoms with Crippen LogP contribution in [0.5, 0.6) is 0 Å². The molecule has 8 heteroatoms. The van der Waals surface area contributed by atoms with E-state index in [2.05, 4.69) is 5.32 Å². The summed E-state index contributed by atoms with van der Waals surface area (Å²) in [6, 6.07) is 0. The summed E-state index contributed by atoms with van der Waals surface area (Å²) in [6.07, 6.45) is -1.58. The van der Waals surface area contributed by atoms with E-state index in [0.717, 1.165) is 39.0 Å². The van der Waals surface area contributed by atoms with Gasteiger partial charge in [-0.1, -0.05) is 6.42 Å². The number of carboxylic acids is 1. The number of hydrogen-bond acceptors (Lipinski definition) is 3. The van der Waals surface area contributed by atoms with Crippen LogP contribution in [-0.4, -0.2) is 54.2 Å². The normalized spacial score (nSPS) is 20.1. The monoisotopic (exact) mass is 282 g/mol. The molecule has 2 fully saturated rings. The third-order valence-electron chi connectivity index (χ3n) is 3.13. The van der Waals surface area contributed by atoms with Crippen LogP contribution in [0.15, 0.2) is 0 Å². The van der Waals surface area contributed by atoms with Crippen LogP contribution in [0.4, 0.5) is 13.2 Å². The maximum atomic E-state index is 11.7. The lowest BCUT2D eigenvalue weighted by molar-refractivity contribution is -0.192. The Balaban J connectivity index is 0.000000224. The predicted molar refractivity (Wildman–Crippen MR) is 60.5 cm³/mol. The molecule has 0 atom stereocenters. The van der Waals surface area contributed by atoms with Crippen LogP contribution in [0, 0.1) is 5.92 Å². The van der Waals surface area contributed by atoms with Crippen molar-refractivity contribution in [3.63, 3.8) is 0 Å². The van der Waals surface area contributed by atoms with Crippen LogP contribution < -0.4 is 5.32 Å². The SMILES string of the molecule is O=C(C1CCC1)N1CCNCC1.O=C(O)C(F)(F)F. The average molecular weight is 282 g/mol. The molecule has 19 heavy (non-hydrogen) atoms. The summed E-state index contributed by atoms with van der Waals surface area (Å²) in [4.78, 5) is 22.6. The number of rotatable bonds is 1. The number of hydrogen-bond donors (Lipinski definition) is 2. The van der Waals surface area contributed by atoms with Gasteiger partial charge in [-0.2, -0.15) is 13.2 Å².